The Morgan fingerprint density at radius 1 is 1.07 bits per heavy atom. The molecule has 2 aromatic carbocycles. The summed E-state index contributed by atoms with van der Waals surface area (Å²) in [6.07, 6.45) is 0.222. The number of hydrogen-bond acceptors (Lipinski definition) is 6. The minimum absolute atomic E-state index is 0.112. The maximum Gasteiger partial charge on any atom is 0.257 e. The van der Waals surface area contributed by atoms with Crippen LogP contribution in [0.2, 0.25) is 0 Å². The summed E-state index contributed by atoms with van der Waals surface area (Å²) in [5, 5.41) is 0. The van der Waals surface area contributed by atoms with Crippen LogP contribution in [0.4, 0.5) is 11.6 Å². The van der Waals surface area contributed by atoms with Gasteiger partial charge in [0.15, 0.2) is 11.6 Å². The first-order valence-electron chi connectivity index (χ1n) is 10.1. The highest BCUT2D eigenvalue weighted by Gasteiger charge is 2.30. The predicted octanol–water partition coefficient (Wildman–Crippen LogP) is 3.42. The predicted molar refractivity (Wildman–Crippen MR) is 117 cm³/mol. The third-order valence-corrected chi connectivity index (χ3v) is 5.27. The van der Waals surface area contributed by atoms with Gasteiger partial charge in [0.2, 0.25) is 0 Å². The Hall–Kier alpha value is -3.19. The van der Waals surface area contributed by atoms with Gasteiger partial charge in [-0.1, -0.05) is 24.3 Å². The van der Waals surface area contributed by atoms with Gasteiger partial charge in [-0.2, -0.15) is 0 Å². The molecule has 1 aromatic heterocycles. The summed E-state index contributed by atoms with van der Waals surface area (Å²) in [5.41, 5.74) is 2.55. The summed E-state index contributed by atoms with van der Waals surface area (Å²) in [7, 11) is 3.61. The number of anilines is 2. The van der Waals surface area contributed by atoms with Gasteiger partial charge in [0.25, 0.3) is 5.91 Å². The summed E-state index contributed by atoms with van der Waals surface area (Å²) in [6.45, 7) is 3.50. The van der Waals surface area contributed by atoms with Crippen LogP contribution in [0.15, 0.2) is 48.5 Å². The molecule has 0 bridgehead atoms. The number of hydrogen-bond donors (Lipinski definition) is 0. The van der Waals surface area contributed by atoms with Crippen molar-refractivity contribution in [2.24, 2.45) is 0 Å². The minimum atomic E-state index is -0.610. The van der Waals surface area contributed by atoms with Crippen molar-refractivity contribution in [1.82, 2.24) is 9.97 Å². The lowest BCUT2D eigenvalue weighted by molar-refractivity contribution is -0.129. The molecule has 0 N–H and O–H groups in total. The van der Waals surface area contributed by atoms with Gasteiger partial charge in [0.1, 0.15) is 11.9 Å². The highest BCUT2D eigenvalue weighted by molar-refractivity contribution is 5.99. The SMILES string of the molecule is COc1cccc(COC(C)C(=O)N2CCCN(C)c3nc4ccccc4nc32)c1. The van der Waals surface area contributed by atoms with E-state index in [1.54, 1.807) is 18.9 Å². The van der Waals surface area contributed by atoms with E-state index in [0.29, 0.717) is 19.0 Å². The molecular formula is C23H26N4O3. The molecule has 0 radical (unpaired) electrons. The summed E-state index contributed by atoms with van der Waals surface area (Å²) in [4.78, 5) is 26.6. The molecule has 2 heterocycles. The fourth-order valence-corrected chi connectivity index (χ4v) is 3.59. The number of para-hydroxylation sites is 2. The van der Waals surface area contributed by atoms with E-state index < -0.39 is 6.10 Å². The van der Waals surface area contributed by atoms with Crippen LogP contribution < -0.4 is 14.5 Å². The number of aromatic nitrogens is 2. The van der Waals surface area contributed by atoms with E-state index in [4.69, 9.17) is 19.4 Å². The third kappa shape index (κ3) is 4.07. The van der Waals surface area contributed by atoms with Crippen molar-refractivity contribution in [2.45, 2.75) is 26.1 Å². The molecule has 7 heteroatoms. The molecule has 7 nitrogen and oxygen atoms in total. The Morgan fingerprint density at radius 2 is 1.80 bits per heavy atom. The lowest BCUT2D eigenvalue weighted by Crippen LogP contribution is -2.40. The molecular weight excluding hydrogens is 380 g/mol. The molecule has 0 saturated heterocycles. The second-order valence-electron chi connectivity index (χ2n) is 7.43. The Morgan fingerprint density at radius 3 is 2.53 bits per heavy atom. The Balaban J connectivity index is 1.57. The van der Waals surface area contributed by atoms with Gasteiger partial charge in [-0.3, -0.25) is 9.69 Å². The van der Waals surface area contributed by atoms with Gasteiger partial charge >= 0.3 is 0 Å². The molecule has 0 aliphatic carbocycles. The van der Waals surface area contributed by atoms with E-state index >= 15 is 0 Å². The lowest BCUT2D eigenvalue weighted by Gasteiger charge is -2.25. The molecule has 156 valence electrons. The van der Waals surface area contributed by atoms with Gasteiger partial charge in [-0.15, -0.1) is 0 Å². The van der Waals surface area contributed by atoms with Crippen LogP contribution in [-0.4, -0.2) is 49.2 Å². The number of nitrogens with zero attached hydrogens (tertiary/aromatic N) is 4. The number of carbonyl (C=O) groups excluding carboxylic acids is 1. The number of carbonyl (C=O) groups is 1. The maximum atomic E-state index is 13.3. The van der Waals surface area contributed by atoms with Crippen LogP contribution in [0.1, 0.15) is 18.9 Å². The zero-order valence-electron chi connectivity index (χ0n) is 17.5. The molecule has 1 unspecified atom stereocenters. The van der Waals surface area contributed by atoms with Crippen molar-refractivity contribution in [3.63, 3.8) is 0 Å². The number of rotatable bonds is 5. The number of amides is 1. The second-order valence-corrected chi connectivity index (χ2v) is 7.43. The van der Waals surface area contributed by atoms with Crippen LogP contribution in [0.5, 0.6) is 5.75 Å². The highest BCUT2D eigenvalue weighted by Crippen LogP contribution is 2.30. The van der Waals surface area contributed by atoms with Crippen LogP contribution >= 0.6 is 0 Å². The molecule has 4 rings (SSSR count). The first-order valence-corrected chi connectivity index (χ1v) is 10.1. The topological polar surface area (TPSA) is 67.8 Å². The second kappa shape index (κ2) is 8.67. The zero-order valence-corrected chi connectivity index (χ0v) is 17.5. The van der Waals surface area contributed by atoms with E-state index in [1.165, 1.54) is 0 Å². The Bertz CT molecular complexity index is 1060. The number of benzene rings is 2. The van der Waals surface area contributed by atoms with Crippen molar-refractivity contribution in [2.75, 3.05) is 37.0 Å². The molecule has 0 fully saturated rings. The normalized spacial score (nSPS) is 14.9. The van der Waals surface area contributed by atoms with Crippen molar-refractivity contribution in [3.8, 4) is 5.75 Å². The van der Waals surface area contributed by atoms with Crippen molar-refractivity contribution in [3.05, 3.63) is 54.1 Å². The molecule has 3 aromatic rings. The Kier molecular flexibility index (Phi) is 5.81. The van der Waals surface area contributed by atoms with Crippen molar-refractivity contribution < 1.29 is 14.3 Å². The molecule has 1 amide bonds. The smallest absolute Gasteiger partial charge is 0.257 e. The van der Waals surface area contributed by atoms with Crippen molar-refractivity contribution in [1.29, 1.82) is 0 Å². The summed E-state index contributed by atoms with van der Waals surface area (Å²) < 4.78 is 11.2. The van der Waals surface area contributed by atoms with Gasteiger partial charge < -0.3 is 14.4 Å². The molecule has 1 aliphatic heterocycles. The lowest BCUT2D eigenvalue weighted by atomic mass is 10.2. The molecule has 1 atom stereocenters. The fourth-order valence-electron chi connectivity index (χ4n) is 3.59. The third-order valence-electron chi connectivity index (χ3n) is 5.27. The van der Waals surface area contributed by atoms with E-state index in [-0.39, 0.29) is 5.91 Å². The number of methoxy groups -OCH3 is 1. The number of fused-ring (bicyclic) bond motifs is 2. The molecule has 30 heavy (non-hydrogen) atoms. The van der Waals surface area contributed by atoms with Crippen molar-refractivity contribution >= 4 is 28.6 Å². The highest BCUT2D eigenvalue weighted by atomic mass is 16.5. The maximum absolute atomic E-state index is 13.3. The van der Waals surface area contributed by atoms with E-state index in [1.807, 2.05) is 55.6 Å². The Labute approximate surface area is 176 Å². The molecule has 1 aliphatic rings. The fraction of sp³-hybridized carbons (Fsp3) is 0.348. The van der Waals surface area contributed by atoms with Crippen LogP contribution in [0.25, 0.3) is 11.0 Å². The first kappa shape index (κ1) is 20.1. The molecule has 0 spiro atoms. The van der Waals surface area contributed by atoms with E-state index in [0.717, 1.165) is 41.1 Å². The largest absolute Gasteiger partial charge is 0.497 e. The van der Waals surface area contributed by atoms with Gasteiger partial charge in [0, 0.05) is 20.1 Å². The standard InChI is InChI=1S/C23H26N4O3/c1-16(30-15-17-8-6-9-18(14-17)29-3)23(28)27-13-7-12-26(2)21-22(27)25-20-11-5-4-10-19(20)24-21/h4-6,8-11,14,16H,7,12-13,15H2,1-3H3. The van der Waals surface area contributed by atoms with Gasteiger partial charge in [-0.05, 0) is 43.2 Å². The van der Waals surface area contributed by atoms with E-state index in [9.17, 15) is 4.79 Å². The van der Waals surface area contributed by atoms with Crippen LogP contribution in [0, 0.1) is 0 Å². The summed E-state index contributed by atoms with van der Waals surface area (Å²) >= 11 is 0. The number of ether oxygens (including phenoxy) is 2. The zero-order chi connectivity index (χ0) is 21.1. The van der Waals surface area contributed by atoms with Crippen LogP contribution in [-0.2, 0) is 16.1 Å². The van der Waals surface area contributed by atoms with Gasteiger partial charge in [0.05, 0.1) is 24.8 Å². The monoisotopic (exact) mass is 406 g/mol. The summed E-state index contributed by atoms with van der Waals surface area (Å²) in [5.74, 6) is 1.97. The van der Waals surface area contributed by atoms with E-state index in [2.05, 4.69) is 4.90 Å². The first-order chi connectivity index (χ1) is 14.6. The molecule has 0 saturated carbocycles. The average Bonchev–Trinajstić information content (AvgIpc) is 2.94. The minimum Gasteiger partial charge on any atom is -0.497 e. The van der Waals surface area contributed by atoms with Gasteiger partial charge in [-0.25, -0.2) is 9.97 Å². The van der Waals surface area contributed by atoms with Crippen LogP contribution in [0.3, 0.4) is 0 Å². The summed E-state index contributed by atoms with van der Waals surface area (Å²) in [6, 6.07) is 15.4. The average molecular weight is 406 g/mol. The quantitative estimate of drug-likeness (QED) is 0.647.